The first-order chi connectivity index (χ1) is 7.36. The van der Waals surface area contributed by atoms with Crippen LogP contribution in [0.3, 0.4) is 0 Å². The summed E-state index contributed by atoms with van der Waals surface area (Å²) in [7, 11) is 1.72. The number of anilines is 1. The maximum atomic E-state index is 5.16. The van der Waals surface area contributed by atoms with Gasteiger partial charge in [-0.2, -0.15) is 0 Å². The average molecular weight is 209 g/mol. The molecule has 1 aromatic heterocycles. The number of methoxy groups -OCH3 is 1. The molecular weight excluding hydrogens is 190 g/mol. The number of nitrogens with one attached hydrogen (secondary N) is 1. The van der Waals surface area contributed by atoms with Crippen LogP contribution in [0, 0.1) is 0 Å². The van der Waals surface area contributed by atoms with E-state index in [0.717, 1.165) is 12.2 Å². The predicted octanol–water partition coefficient (Wildman–Crippen LogP) is 2.09. The Balaban J connectivity index is 2.43. The van der Waals surface area contributed by atoms with Crippen molar-refractivity contribution in [3.05, 3.63) is 18.6 Å². The summed E-state index contributed by atoms with van der Waals surface area (Å²) in [6, 6.07) is 0.326. The van der Waals surface area contributed by atoms with Crippen LogP contribution in [-0.4, -0.2) is 29.7 Å². The van der Waals surface area contributed by atoms with E-state index < -0.39 is 0 Å². The highest BCUT2D eigenvalue weighted by Gasteiger charge is 2.07. The molecule has 0 amide bonds. The highest BCUT2D eigenvalue weighted by Crippen LogP contribution is 2.07. The summed E-state index contributed by atoms with van der Waals surface area (Å²) in [5, 5.41) is 3.32. The van der Waals surface area contributed by atoms with E-state index in [-0.39, 0.29) is 0 Å². The van der Waals surface area contributed by atoms with E-state index in [1.54, 1.807) is 25.7 Å². The molecule has 0 aromatic carbocycles. The molecule has 84 valence electrons. The molecule has 1 heterocycles. The van der Waals surface area contributed by atoms with E-state index in [1.165, 1.54) is 12.8 Å². The summed E-state index contributed by atoms with van der Waals surface area (Å²) >= 11 is 0. The summed E-state index contributed by atoms with van der Waals surface area (Å²) in [6.07, 6.45) is 8.58. The topological polar surface area (TPSA) is 47.0 Å². The fourth-order valence-electron chi connectivity index (χ4n) is 1.43. The molecule has 4 heteroatoms. The normalized spacial score (nSPS) is 12.4. The molecular formula is C11H19N3O. The zero-order valence-corrected chi connectivity index (χ0v) is 9.44. The van der Waals surface area contributed by atoms with Gasteiger partial charge in [-0.05, 0) is 6.42 Å². The molecule has 0 saturated carbocycles. The van der Waals surface area contributed by atoms with E-state index in [0.29, 0.717) is 12.6 Å². The lowest BCUT2D eigenvalue weighted by molar-refractivity contribution is 0.182. The molecule has 0 aliphatic rings. The van der Waals surface area contributed by atoms with Gasteiger partial charge in [0.05, 0.1) is 18.8 Å². The van der Waals surface area contributed by atoms with Crippen molar-refractivity contribution in [1.29, 1.82) is 0 Å². The predicted molar refractivity (Wildman–Crippen MR) is 60.8 cm³/mol. The molecule has 1 aromatic rings. The van der Waals surface area contributed by atoms with Gasteiger partial charge in [-0.25, -0.2) is 4.98 Å². The molecule has 0 aliphatic heterocycles. The van der Waals surface area contributed by atoms with Gasteiger partial charge in [0, 0.05) is 19.5 Å². The van der Waals surface area contributed by atoms with Crippen LogP contribution in [0.4, 0.5) is 5.82 Å². The lowest BCUT2D eigenvalue weighted by Crippen LogP contribution is -2.25. The standard InChI is InChI=1S/C11H19N3O/c1-3-4-5-10(9-15-2)14-11-8-12-6-7-13-11/h6-8,10H,3-5,9H2,1-2H3,(H,13,14). The van der Waals surface area contributed by atoms with Crippen molar-refractivity contribution in [2.24, 2.45) is 0 Å². The smallest absolute Gasteiger partial charge is 0.144 e. The molecule has 1 unspecified atom stereocenters. The molecule has 1 N–H and O–H groups in total. The minimum atomic E-state index is 0.326. The number of aromatic nitrogens is 2. The molecule has 0 spiro atoms. The molecule has 15 heavy (non-hydrogen) atoms. The van der Waals surface area contributed by atoms with Crippen LogP contribution >= 0.6 is 0 Å². The maximum absolute atomic E-state index is 5.16. The zero-order valence-electron chi connectivity index (χ0n) is 9.44. The minimum absolute atomic E-state index is 0.326. The summed E-state index contributed by atoms with van der Waals surface area (Å²) in [5.74, 6) is 0.815. The Hall–Kier alpha value is -1.16. The molecule has 4 nitrogen and oxygen atoms in total. The number of nitrogens with zero attached hydrogens (tertiary/aromatic N) is 2. The van der Waals surface area contributed by atoms with E-state index >= 15 is 0 Å². The van der Waals surface area contributed by atoms with Crippen LogP contribution in [0.25, 0.3) is 0 Å². The molecule has 1 atom stereocenters. The molecule has 0 aliphatic carbocycles. The number of ether oxygens (including phenoxy) is 1. The lowest BCUT2D eigenvalue weighted by Gasteiger charge is -2.17. The Morgan fingerprint density at radius 3 is 2.93 bits per heavy atom. The van der Waals surface area contributed by atoms with E-state index in [2.05, 4.69) is 22.2 Å². The van der Waals surface area contributed by atoms with Gasteiger partial charge in [0.15, 0.2) is 0 Å². The fraction of sp³-hybridized carbons (Fsp3) is 0.636. The Kier molecular flexibility index (Phi) is 5.70. The first-order valence-corrected chi connectivity index (χ1v) is 5.38. The SMILES string of the molecule is CCCCC(COC)Nc1cnccn1. The summed E-state index contributed by atoms with van der Waals surface area (Å²) < 4.78 is 5.16. The second-order valence-corrected chi connectivity index (χ2v) is 3.53. The molecule has 0 fully saturated rings. The van der Waals surface area contributed by atoms with Crippen LogP contribution < -0.4 is 5.32 Å². The maximum Gasteiger partial charge on any atom is 0.144 e. The minimum Gasteiger partial charge on any atom is -0.383 e. The Bertz CT molecular complexity index is 253. The number of hydrogen-bond acceptors (Lipinski definition) is 4. The number of hydrogen-bond donors (Lipinski definition) is 1. The number of rotatable bonds is 7. The van der Waals surface area contributed by atoms with Crippen molar-refractivity contribution in [3.8, 4) is 0 Å². The second-order valence-electron chi connectivity index (χ2n) is 3.53. The summed E-state index contributed by atoms with van der Waals surface area (Å²) in [4.78, 5) is 8.19. The molecule has 0 saturated heterocycles. The highest BCUT2D eigenvalue weighted by molar-refractivity contribution is 5.31. The first-order valence-electron chi connectivity index (χ1n) is 5.38. The van der Waals surface area contributed by atoms with Gasteiger partial charge in [0.2, 0.25) is 0 Å². The second kappa shape index (κ2) is 7.17. The van der Waals surface area contributed by atoms with Crippen LogP contribution in [-0.2, 0) is 4.74 Å². The van der Waals surface area contributed by atoms with Crippen LogP contribution in [0.15, 0.2) is 18.6 Å². The van der Waals surface area contributed by atoms with Gasteiger partial charge in [0.25, 0.3) is 0 Å². The third kappa shape index (κ3) is 4.74. The van der Waals surface area contributed by atoms with Crippen LogP contribution in [0.2, 0.25) is 0 Å². The van der Waals surface area contributed by atoms with E-state index in [1.807, 2.05) is 0 Å². The quantitative estimate of drug-likeness (QED) is 0.747. The molecule has 0 bridgehead atoms. The zero-order chi connectivity index (χ0) is 10.9. The van der Waals surface area contributed by atoms with Crippen LogP contribution in [0.5, 0.6) is 0 Å². The Morgan fingerprint density at radius 2 is 2.33 bits per heavy atom. The largest absolute Gasteiger partial charge is 0.383 e. The van der Waals surface area contributed by atoms with Crippen molar-refractivity contribution in [3.63, 3.8) is 0 Å². The third-order valence-corrected chi connectivity index (χ3v) is 2.19. The Labute approximate surface area is 91.1 Å². The van der Waals surface area contributed by atoms with Crippen molar-refractivity contribution in [2.75, 3.05) is 19.0 Å². The summed E-state index contributed by atoms with van der Waals surface area (Å²) in [6.45, 7) is 2.89. The number of unbranched alkanes of at least 4 members (excludes halogenated alkanes) is 1. The van der Waals surface area contributed by atoms with Gasteiger partial charge < -0.3 is 10.1 Å². The van der Waals surface area contributed by atoms with Gasteiger partial charge in [-0.3, -0.25) is 4.98 Å². The average Bonchev–Trinajstić information content (AvgIpc) is 2.28. The monoisotopic (exact) mass is 209 g/mol. The van der Waals surface area contributed by atoms with Gasteiger partial charge in [0.1, 0.15) is 5.82 Å². The van der Waals surface area contributed by atoms with Crippen molar-refractivity contribution < 1.29 is 4.74 Å². The van der Waals surface area contributed by atoms with Gasteiger partial charge in [-0.15, -0.1) is 0 Å². The van der Waals surface area contributed by atoms with Crippen LogP contribution in [0.1, 0.15) is 26.2 Å². The van der Waals surface area contributed by atoms with Gasteiger partial charge in [-0.1, -0.05) is 19.8 Å². The van der Waals surface area contributed by atoms with Crippen molar-refractivity contribution in [2.45, 2.75) is 32.2 Å². The lowest BCUT2D eigenvalue weighted by atomic mass is 10.1. The molecule has 0 radical (unpaired) electrons. The first kappa shape index (κ1) is 11.9. The van der Waals surface area contributed by atoms with Crippen molar-refractivity contribution >= 4 is 5.82 Å². The fourth-order valence-corrected chi connectivity index (χ4v) is 1.43. The third-order valence-electron chi connectivity index (χ3n) is 2.19. The summed E-state index contributed by atoms with van der Waals surface area (Å²) in [5.41, 5.74) is 0. The molecule has 1 rings (SSSR count). The van der Waals surface area contributed by atoms with E-state index in [4.69, 9.17) is 4.74 Å². The van der Waals surface area contributed by atoms with Gasteiger partial charge >= 0.3 is 0 Å². The Morgan fingerprint density at radius 1 is 1.47 bits per heavy atom. The van der Waals surface area contributed by atoms with Crippen molar-refractivity contribution in [1.82, 2.24) is 9.97 Å². The highest BCUT2D eigenvalue weighted by atomic mass is 16.5. The van der Waals surface area contributed by atoms with E-state index in [9.17, 15) is 0 Å².